The normalized spacial score (nSPS) is 12.0. The number of nitro groups is 1. The number of benzene rings is 1. The lowest BCUT2D eigenvalue weighted by molar-refractivity contribution is -0.385. The summed E-state index contributed by atoms with van der Waals surface area (Å²) in [5.41, 5.74) is -1.30. The van der Waals surface area contributed by atoms with Gasteiger partial charge in [-0.25, -0.2) is 8.78 Å². The first-order valence-corrected chi connectivity index (χ1v) is 6.36. The van der Waals surface area contributed by atoms with Gasteiger partial charge in [0.2, 0.25) is 0 Å². The van der Waals surface area contributed by atoms with Crippen molar-refractivity contribution >= 4 is 23.2 Å². The Morgan fingerprint density at radius 1 is 1.45 bits per heavy atom. The first kappa shape index (κ1) is 16.3. The van der Waals surface area contributed by atoms with Gasteiger partial charge in [0.25, 0.3) is 11.6 Å². The summed E-state index contributed by atoms with van der Waals surface area (Å²) in [7, 11) is 0. The second-order valence-corrected chi connectivity index (χ2v) is 4.71. The quantitative estimate of drug-likeness (QED) is 0.499. The highest BCUT2D eigenvalue weighted by Crippen LogP contribution is 2.22. The van der Waals surface area contributed by atoms with E-state index in [2.05, 4.69) is 5.32 Å². The van der Waals surface area contributed by atoms with Gasteiger partial charge in [-0.2, -0.15) is 0 Å². The molecule has 0 saturated carbocycles. The van der Waals surface area contributed by atoms with Crippen LogP contribution < -0.4 is 5.32 Å². The Labute approximate surface area is 119 Å². The predicted octanol–water partition coefficient (Wildman–Crippen LogP) is 3.01. The van der Waals surface area contributed by atoms with Crippen LogP contribution in [0.25, 0.3) is 0 Å². The molecule has 8 heteroatoms. The zero-order valence-corrected chi connectivity index (χ0v) is 11.4. The lowest BCUT2D eigenvalue weighted by Crippen LogP contribution is -2.27. The Kier molecular flexibility index (Phi) is 5.82. The highest BCUT2D eigenvalue weighted by Gasteiger charge is 2.23. The molecule has 1 atom stereocenters. The van der Waals surface area contributed by atoms with Crippen molar-refractivity contribution in [2.45, 2.75) is 25.1 Å². The standard InChI is InChI=1S/C12H13ClF2N2O3/c1-2-7(13)3-4-16-12(18)8-5-9(14)10(15)6-11(8)17(19)20/h5-7H,2-4H2,1H3,(H,16,18). The molecular formula is C12H13ClF2N2O3. The average Bonchev–Trinajstić information content (AvgIpc) is 2.40. The van der Waals surface area contributed by atoms with Gasteiger partial charge < -0.3 is 5.32 Å². The minimum absolute atomic E-state index is 0.129. The molecule has 0 aliphatic heterocycles. The van der Waals surface area contributed by atoms with Gasteiger partial charge in [0, 0.05) is 11.9 Å². The Hall–Kier alpha value is -1.76. The molecule has 0 heterocycles. The molecular weight excluding hydrogens is 294 g/mol. The molecule has 1 rings (SSSR count). The van der Waals surface area contributed by atoms with Gasteiger partial charge in [0.05, 0.1) is 11.0 Å². The van der Waals surface area contributed by atoms with E-state index in [-0.39, 0.29) is 11.9 Å². The fourth-order valence-corrected chi connectivity index (χ4v) is 1.62. The second-order valence-electron chi connectivity index (χ2n) is 4.09. The SMILES string of the molecule is CCC(Cl)CCNC(=O)c1cc(F)c(F)cc1[N+](=O)[O-]. The van der Waals surface area contributed by atoms with E-state index in [0.29, 0.717) is 25.0 Å². The Morgan fingerprint density at radius 2 is 2.05 bits per heavy atom. The van der Waals surface area contributed by atoms with E-state index in [1.54, 1.807) is 0 Å². The van der Waals surface area contributed by atoms with Crippen LogP contribution in [-0.4, -0.2) is 22.8 Å². The van der Waals surface area contributed by atoms with Gasteiger partial charge in [-0.15, -0.1) is 11.6 Å². The first-order chi connectivity index (χ1) is 9.36. The summed E-state index contributed by atoms with van der Waals surface area (Å²) in [6, 6.07) is 0.904. The first-order valence-electron chi connectivity index (χ1n) is 5.92. The van der Waals surface area contributed by atoms with Crippen LogP contribution in [0.3, 0.4) is 0 Å². The van der Waals surface area contributed by atoms with Crippen molar-refractivity contribution in [1.29, 1.82) is 0 Å². The number of nitro benzene ring substituents is 1. The molecule has 110 valence electrons. The molecule has 0 aliphatic carbocycles. The van der Waals surface area contributed by atoms with Gasteiger partial charge in [-0.1, -0.05) is 6.92 Å². The van der Waals surface area contributed by atoms with Gasteiger partial charge in [0.15, 0.2) is 11.6 Å². The number of halogens is 3. The van der Waals surface area contributed by atoms with Crippen LogP contribution in [-0.2, 0) is 0 Å². The lowest BCUT2D eigenvalue weighted by Gasteiger charge is -2.08. The molecule has 0 saturated heterocycles. The molecule has 0 aromatic heterocycles. The Bertz CT molecular complexity index is 526. The van der Waals surface area contributed by atoms with E-state index in [9.17, 15) is 23.7 Å². The van der Waals surface area contributed by atoms with Crippen LogP contribution in [0.4, 0.5) is 14.5 Å². The van der Waals surface area contributed by atoms with Gasteiger partial charge >= 0.3 is 0 Å². The third-order valence-corrected chi connectivity index (χ3v) is 3.19. The monoisotopic (exact) mass is 306 g/mol. The maximum Gasteiger partial charge on any atom is 0.285 e. The van der Waals surface area contributed by atoms with Crippen LogP contribution >= 0.6 is 11.6 Å². The molecule has 0 bridgehead atoms. The largest absolute Gasteiger partial charge is 0.352 e. The summed E-state index contributed by atoms with van der Waals surface area (Å²) in [5.74, 6) is -3.53. The van der Waals surface area contributed by atoms with Crippen LogP contribution in [0.15, 0.2) is 12.1 Å². The fraction of sp³-hybridized carbons (Fsp3) is 0.417. The van der Waals surface area contributed by atoms with Crippen molar-refractivity contribution in [3.63, 3.8) is 0 Å². The molecule has 5 nitrogen and oxygen atoms in total. The number of hydrogen-bond acceptors (Lipinski definition) is 3. The van der Waals surface area contributed by atoms with Crippen LogP contribution in [0.5, 0.6) is 0 Å². The van der Waals surface area contributed by atoms with Crippen molar-refractivity contribution in [3.05, 3.63) is 39.4 Å². The van der Waals surface area contributed by atoms with Gasteiger partial charge in [-0.3, -0.25) is 14.9 Å². The molecule has 1 N–H and O–H groups in total. The highest BCUT2D eigenvalue weighted by atomic mass is 35.5. The zero-order chi connectivity index (χ0) is 15.3. The van der Waals surface area contributed by atoms with E-state index in [0.717, 1.165) is 0 Å². The van der Waals surface area contributed by atoms with Gasteiger partial charge in [-0.05, 0) is 18.9 Å². The minimum Gasteiger partial charge on any atom is -0.352 e. The zero-order valence-electron chi connectivity index (χ0n) is 10.7. The maximum absolute atomic E-state index is 13.1. The molecule has 1 amide bonds. The van der Waals surface area contributed by atoms with Crippen LogP contribution in [0.1, 0.15) is 30.1 Å². The second kappa shape index (κ2) is 7.14. The average molecular weight is 307 g/mol. The number of nitrogens with one attached hydrogen (secondary N) is 1. The molecule has 0 aliphatic rings. The van der Waals surface area contributed by atoms with Crippen molar-refractivity contribution in [2.75, 3.05) is 6.54 Å². The number of carbonyl (C=O) groups excluding carboxylic acids is 1. The summed E-state index contributed by atoms with van der Waals surface area (Å²) < 4.78 is 26.0. The van der Waals surface area contributed by atoms with E-state index >= 15 is 0 Å². The third-order valence-electron chi connectivity index (χ3n) is 2.67. The van der Waals surface area contributed by atoms with Crippen molar-refractivity contribution in [2.24, 2.45) is 0 Å². The van der Waals surface area contributed by atoms with Gasteiger partial charge in [0.1, 0.15) is 5.56 Å². The summed E-state index contributed by atoms with van der Waals surface area (Å²) in [4.78, 5) is 21.6. The summed E-state index contributed by atoms with van der Waals surface area (Å²) in [5, 5.41) is 13.0. The van der Waals surface area contributed by atoms with Crippen LogP contribution in [0.2, 0.25) is 0 Å². The number of hydrogen-bond donors (Lipinski definition) is 1. The number of amides is 1. The van der Waals surface area contributed by atoms with Crippen molar-refractivity contribution in [1.82, 2.24) is 5.32 Å². The molecule has 0 fully saturated rings. The minimum atomic E-state index is -1.37. The number of alkyl halides is 1. The summed E-state index contributed by atoms with van der Waals surface area (Å²) in [6.45, 7) is 2.07. The van der Waals surface area contributed by atoms with Crippen LogP contribution in [0, 0.1) is 21.7 Å². The topological polar surface area (TPSA) is 72.2 Å². The van der Waals surface area contributed by atoms with E-state index in [1.807, 2.05) is 6.92 Å². The molecule has 0 spiro atoms. The van der Waals surface area contributed by atoms with Crippen molar-refractivity contribution in [3.8, 4) is 0 Å². The lowest BCUT2D eigenvalue weighted by atomic mass is 10.1. The number of carbonyl (C=O) groups is 1. The highest BCUT2D eigenvalue weighted by molar-refractivity contribution is 6.20. The molecule has 1 unspecified atom stereocenters. The van der Waals surface area contributed by atoms with Crippen molar-refractivity contribution < 1.29 is 18.5 Å². The molecule has 1 aromatic rings. The number of rotatable bonds is 6. The molecule has 1 aromatic carbocycles. The number of nitrogens with zero attached hydrogens (tertiary/aromatic N) is 1. The summed E-state index contributed by atoms with van der Waals surface area (Å²) >= 11 is 5.85. The van der Waals surface area contributed by atoms with E-state index in [1.165, 1.54) is 0 Å². The predicted molar refractivity (Wildman–Crippen MR) is 69.9 cm³/mol. The van der Waals surface area contributed by atoms with E-state index < -0.39 is 33.7 Å². The Balaban J connectivity index is 2.86. The smallest absolute Gasteiger partial charge is 0.285 e. The maximum atomic E-state index is 13.1. The molecule has 0 radical (unpaired) electrons. The summed E-state index contributed by atoms with van der Waals surface area (Å²) in [6.07, 6.45) is 1.18. The van der Waals surface area contributed by atoms with E-state index in [4.69, 9.17) is 11.6 Å². The molecule has 20 heavy (non-hydrogen) atoms. The fourth-order valence-electron chi connectivity index (χ4n) is 1.51. The Morgan fingerprint density at radius 3 is 2.60 bits per heavy atom. The third kappa shape index (κ3) is 4.12.